The van der Waals surface area contributed by atoms with E-state index in [2.05, 4.69) is 170 Å². The smallest absolute Gasteiger partial charge is 0.309 e. The average Bonchev–Trinajstić information content (AvgIpc) is 1.60. The number of quaternary nitrogens is 1. The Balaban J connectivity index is 0.00000100. The molecule has 0 aromatic heterocycles. The molecule has 0 bridgehead atoms. The summed E-state index contributed by atoms with van der Waals surface area (Å²) in [4.78, 5) is 195. The van der Waals surface area contributed by atoms with Crippen molar-refractivity contribution >= 4 is 116 Å². The van der Waals surface area contributed by atoms with Gasteiger partial charge < -0.3 is 54.6 Å². The summed E-state index contributed by atoms with van der Waals surface area (Å²) in [6, 6.07) is 4.01. The first-order chi connectivity index (χ1) is 66.7. The number of nitrogens with zero attached hydrogens (tertiary/aromatic N) is 8. The maximum absolute atomic E-state index is 14.2. The van der Waals surface area contributed by atoms with E-state index in [4.69, 9.17) is 17.7 Å². The molecule has 5 aliphatic rings. The van der Waals surface area contributed by atoms with Gasteiger partial charge in [-0.3, -0.25) is 91.6 Å². The van der Waals surface area contributed by atoms with Crippen LogP contribution in [0, 0.1) is 121 Å². The highest BCUT2D eigenvalue weighted by atomic mass is 35.5. The highest BCUT2D eigenvalue weighted by molar-refractivity contribution is 6.85. The summed E-state index contributed by atoms with van der Waals surface area (Å²) in [5, 5.41) is 19.9. The van der Waals surface area contributed by atoms with Crippen LogP contribution in [0.4, 0.5) is 0 Å². The minimum atomic E-state index is -1.97. The van der Waals surface area contributed by atoms with Crippen LogP contribution in [0.25, 0.3) is 0 Å². The van der Waals surface area contributed by atoms with Gasteiger partial charge in [0.15, 0.2) is 33.3 Å². The molecule has 147 heavy (non-hydrogen) atoms. The van der Waals surface area contributed by atoms with Crippen LogP contribution in [0.15, 0.2) is 0 Å². The summed E-state index contributed by atoms with van der Waals surface area (Å²) in [6.45, 7) is 76.8. The van der Waals surface area contributed by atoms with Crippen molar-refractivity contribution < 1.29 is 112 Å². The number of halogens is 1. The summed E-state index contributed by atoms with van der Waals surface area (Å²) in [5.74, 6) is -12.9. The van der Waals surface area contributed by atoms with Crippen LogP contribution in [0.3, 0.4) is 0 Å². The summed E-state index contributed by atoms with van der Waals surface area (Å²) in [7, 11) is 4.80. The molecular weight excluding hydrogens is 1950 g/mol. The maximum Gasteiger partial charge on any atom is 0.309 e. The number of carboxylic acid groups (broad SMARTS) is 2. The van der Waals surface area contributed by atoms with Gasteiger partial charge in [-0.25, -0.2) is 0 Å². The van der Waals surface area contributed by atoms with E-state index >= 15 is 0 Å². The number of ether oxygens (including phenoxy) is 2. The van der Waals surface area contributed by atoms with Gasteiger partial charge in [0.1, 0.15) is 0 Å². The minimum Gasteiger partial charge on any atom is -1.00 e. The van der Waals surface area contributed by atoms with Gasteiger partial charge in [0.25, 0.3) is 0 Å². The Morgan fingerprint density at radius 1 is 0.347 bits per heavy atom. The zero-order valence-electron chi connectivity index (χ0n) is 101. The predicted molar refractivity (Wildman–Crippen MR) is 596 cm³/mol. The molecule has 2 N–H and O–H groups in total. The fraction of sp³-hybridized carbons (Fsp3) is 0.877. The molecule has 5 saturated heterocycles. The topological polar surface area (TPSA) is 339 Å². The highest BCUT2D eigenvalue weighted by Crippen LogP contribution is 2.53. The molecule has 5 aliphatic heterocycles. The van der Waals surface area contributed by atoms with Crippen molar-refractivity contribution in [3.05, 3.63) is 0 Å². The van der Waals surface area contributed by atoms with Gasteiger partial charge in [-0.1, -0.05) is 257 Å². The number of hydrogen-bond donors (Lipinski definition) is 2. The number of imide groups is 5. The Labute approximate surface area is 903 Å². The van der Waals surface area contributed by atoms with Crippen LogP contribution in [0.5, 0.6) is 0 Å². The molecule has 33 heteroatoms. The number of unbranched alkanes of at least 4 members (excludes halogenated alkanes) is 11. The van der Waals surface area contributed by atoms with Gasteiger partial charge in [0.2, 0.25) is 59.1 Å². The number of esters is 2. The quantitative estimate of drug-likeness (QED) is 0.0188. The zero-order valence-corrected chi connectivity index (χ0v) is 105. The van der Waals surface area contributed by atoms with Gasteiger partial charge >= 0.3 is 23.9 Å². The summed E-state index contributed by atoms with van der Waals surface area (Å²) in [6.07, 6.45) is 22.5. The van der Waals surface area contributed by atoms with Crippen molar-refractivity contribution in [1.82, 2.24) is 34.3 Å². The molecule has 0 aromatic rings. The van der Waals surface area contributed by atoms with E-state index in [9.17, 15) is 77.3 Å². The Morgan fingerprint density at radius 3 is 0.952 bits per heavy atom. The van der Waals surface area contributed by atoms with Gasteiger partial charge in [-0.15, -0.1) is 0 Å². The third kappa shape index (κ3) is 44.4. The van der Waals surface area contributed by atoms with E-state index in [1.807, 2.05) is 86.5 Å². The summed E-state index contributed by atoms with van der Waals surface area (Å²) < 4.78 is 24.3. The van der Waals surface area contributed by atoms with E-state index in [-0.39, 0.29) is 131 Å². The normalized spacial score (nSPS) is 21.7. The van der Waals surface area contributed by atoms with Crippen molar-refractivity contribution in [1.29, 1.82) is 0 Å². The van der Waals surface area contributed by atoms with Crippen LogP contribution in [0.2, 0.25) is 76.6 Å². The number of rotatable bonds is 60. The zero-order chi connectivity index (χ0) is 113. The molecule has 10 amide bonds. The van der Waals surface area contributed by atoms with Crippen LogP contribution in [-0.4, -0.2) is 280 Å². The number of likely N-dealkylation sites (N-methyl/N-ethyl adjacent to an activating group) is 3. The third-order valence-electron chi connectivity index (χ3n) is 31.5. The first-order valence-corrected chi connectivity index (χ1v) is 68.8. The van der Waals surface area contributed by atoms with Gasteiger partial charge in [0.05, 0.1) is 118 Å². The Hall–Kier alpha value is -5.46. The molecule has 0 aliphatic carbocycles. The third-order valence-corrected chi connectivity index (χ3v) is 46.6. The second-order valence-corrected chi connectivity index (χ2v) is 71.8. The molecule has 28 nitrogen and oxygen atoms in total. The van der Waals surface area contributed by atoms with E-state index in [0.717, 1.165) is 80.4 Å². The Morgan fingerprint density at radius 2 is 0.626 bits per heavy atom. The number of carboxylic acids is 2. The van der Waals surface area contributed by atoms with Crippen LogP contribution >= 0.6 is 0 Å². The summed E-state index contributed by atoms with van der Waals surface area (Å²) in [5.41, 5.74) is -2.68. The maximum atomic E-state index is 14.2. The molecule has 0 saturated carbocycles. The lowest BCUT2D eigenvalue weighted by atomic mass is 9.64. The van der Waals surface area contributed by atoms with E-state index < -0.39 is 144 Å². The molecular formula is C114H215ClN8O20Si4. The summed E-state index contributed by atoms with van der Waals surface area (Å²) >= 11 is 0. The molecule has 854 valence electrons. The number of carbonyl (C=O) groups is 14. The van der Waals surface area contributed by atoms with Gasteiger partial charge in [0, 0.05) is 51.1 Å². The number of likely N-dealkylation sites (tertiary alicyclic amines) is 5. The van der Waals surface area contributed by atoms with Crippen molar-refractivity contribution in [3.63, 3.8) is 0 Å². The molecule has 0 spiro atoms. The lowest BCUT2D eigenvalue weighted by molar-refractivity contribution is -0.889. The first kappa shape index (κ1) is 140. The second-order valence-electron chi connectivity index (χ2n) is 54.1. The van der Waals surface area contributed by atoms with Gasteiger partial charge in [-0.2, -0.15) is 0 Å². The molecule has 5 fully saturated rings. The molecule has 5 heterocycles. The Kier molecular flexibility index (Phi) is 57.0. The number of aliphatic carboxylic acids is 2. The predicted octanol–water partition coefficient (Wildman–Crippen LogP) is 19.1. The molecule has 14 atom stereocenters. The SMILES string of the molecule is CCC(C)(C)C1C(=O)N(CCN(C)C)C(=O)C1CC(C)(C)C.CCCCCCCCCCCC[N+](C)(C)CCN1C(=O)C(CC(C)(C)C)C(C(C)(C)CC2C(=O)N(CCN(C)C)C(=O)C2C)C1=O.CCCC[Si](C)(C)O[Si](C)(C)CCCN1C(=O)C(C)C(C(C)(C)CC(C(=O)O)C(C)C(=O)OCC)C1=O.CCCC[Si](C)(C)O[Si](C)(C)CCCN1C(=O)C(CC(C)(C)C)C(C(C)(C)CC(C(=O)O)C(C)C(=O)OCC)C1=O.[Cl-]. The van der Waals surface area contributed by atoms with Crippen molar-refractivity contribution in [3.8, 4) is 0 Å². The van der Waals surface area contributed by atoms with Gasteiger partial charge in [-0.05, 0) is 221 Å². The van der Waals surface area contributed by atoms with E-state index in [0.29, 0.717) is 71.4 Å². The van der Waals surface area contributed by atoms with E-state index in [1.54, 1.807) is 34.6 Å². The van der Waals surface area contributed by atoms with Crippen molar-refractivity contribution in [2.75, 3.05) is 114 Å². The second kappa shape index (κ2) is 60.0. The highest BCUT2D eigenvalue weighted by Gasteiger charge is 2.61. The van der Waals surface area contributed by atoms with Crippen LogP contribution < -0.4 is 12.4 Å². The number of carbonyl (C=O) groups excluding carboxylic acids is 12. The van der Waals surface area contributed by atoms with Crippen LogP contribution in [0.1, 0.15) is 335 Å². The molecule has 5 rings (SSSR count). The average molecular weight is 2170 g/mol. The number of amides is 10. The standard InChI is InChI=1S/C38H71N4O4.C31H59NO7Si2.C27H51NO7Si2.C18H34N2O2.ClH/c1-12-13-14-15-16-17-18-19-20-21-25-42(10,11)26-24-41-35(45)31(27-37(3,4)5)32(36(41)46)38(6,7)28-30-29(2)33(43)40(34(30)44)23-22-39(8)9;1-13-15-18-40(9,10)39-41(11,12)19-16-17-32-26(33)24(20-30(4,5)6)25(27(32)34)31(7,8)21-23(28(35)36)22(3)29(37)38-14-2;1-11-13-16-36(7,8)35-37(9,10)17-14-15-28-23(29)20(4)22(24(28)30)27(5,6)18-21(25(31)32)19(3)26(33)34-12-2;1-9-18(5,6)14-13(12-17(2,3)4)15(21)20(16(14)22)11-10-19(7)8;/h29-32H,12-28H2,1-11H3;22-25H,13-21H2,1-12H3,(H,35,36);19-22H,11-18H2,1-10H3,(H,31,32);13-14H,9-12H2,1-8H3;1H/q+1;;;;/p-1. The van der Waals surface area contributed by atoms with E-state index in [1.165, 1.54) is 95.1 Å². The lowest BCUT2D eigenvalue weighted by Crippen LogP contribution is -3.00. The molecule has 14 unspecified atom stereocenters. The Bertz CT molecular complexity index is 4230. The van der Waals surface area contributed by atoms with Crippen molar-refractivity contribution in [2.24, 2.45) is 121 Å². The van der Waals surface area contributed by atoms with Crippen molar-refractivity contribution in [2.45, 2.75) is 411 Å². The minimum absolute atomic E-state index is 0. The molecule has 0 radical (unpaired) electrons. The van der Waals surface area contributed by atoms with Crippen LogP contribution in [-0.2, 0) is 84.8 Å². The monoisotopic (exact) mass is 2160 g/mol. The fourth-order valence-electron chi connectivity index (χ4n) is 23.3. The fourth-order valence-corrected chi connectivity index (χ4v) is 41.3. The lowest BCUT2D eigenvalue weighted by Gasteiger charge is -2.37. The largest absolute Gasteiger partial charge is 1.00 e. The molecule has 0 aromatic carbocycles. The first-order valence-electron chi connectivity index (χ1n) is 56.3. The number of hydrogen-bond acceptors (Lipinski definition) is 20.